The van der Waals surface area contributed by atoms with Crippen molar-refractivity contribution < 1.29 is 23.9 Å². The maximum atomic E-state index is 12.6. The lowest BCUT2D eigenvalue weighted by Crippen LogP contribution is -3.11. The standard InChI is InChI=1S/C22H26N2O4/c1-26-19-7-3-2-5-17(19)14-23-22(25)15-24-10-4-6-18(24)16-8-9-20-21(13-16)28-12-11-27-20/h2-3,5,7-9,13,18H,4,6,10-12,14-15H2,1H3,(H,23,25)/p+1/t18-/m0/s1. The largest absolute Gasteiger partial charge is 0.496 e. The van der Waals surface area contributed by atoms with Gasteiger partial charge in [-0.3, -0.25) is 4.79 Å². The molecule has 0 spiro atoms. The van der Waals surface area contributed by atoms with Gasteiger partial charge >= 0.3 is 0 Å². The molecule has 1 unspecified atom stereocenters. The van der Waals surface area contributed by atoms with Gasteiger partial charge < -0.3 is 24.4 Å². The van der Waals surface area contributed by atoms with Gasteiger partial charge in [0.25, 0.3) is 5.91 Å². The molecule has 0 aromatic heterocycles. The summed E-state index contributed by atoms with van der Waals surface area (Å²) in [6, 6.07) is 14.2. The van der Waals surface area contributed by atoms with Crippen molar-refractivity contribution in [1.29, 1.82) is 0 Å². The zero-order valence-electron chi connectivity index (χ0n) is 16.2. The Hall–Kier alpha value is -2.73. The molecule has 2 aliphatic heterocycles. The van der Waals surface area contributed by atoms with Crippen LogP contribution < -0.4 is 24.4 Å². The van der Waals surface area contributed by atoms with E-state index in [1.165, 1.54) is 10.5 Å². The van der Waals surface area contributed by atoms with Gasteiger partial charge in [0.15, 0.2) is 18.0 Å². The minimum absolute atomic E-state index is 0.0605. The summed E-state index contributed by atoms with van der Waals surface area (Å²) in [5, 5.41) is 3.04. The van der Waals surface area contributed by atoms with Gasteiger partial charge in [-0.15, -0.1) is 0 Å². The zero-order chi connectivity index (χ0) is 19.3. The summed E-state index contributed by atoms with van der Waals surface area (Å²) in [5.74, 6) is 2.48. The number of benzene rings is 2. The topological polar surface area (TPSA) is 61.2 Å². The molecule has 0 radical (unpaired) electrons. The number of rotatable bonds is 6. The highest BCUT2D eigenvalue weighted by molar-refractivity contribution is 5.76. The predicted octanol–water partition coefficient (Wildman–Crippen LogP) is 1.50. The van der Waals surface area contributed by atoms with Crippen LogP contribution in [0.3, 0.4) is 0 Å². The highest BCUT2D eigenvalue weighted by Gasteiger charge is 2.32. The van der Waals surface area contributed by atoms with Crippen molar-refractivity contribution in [3.63, 3.8) is 0 Å². The maximum absolute atomic E-state index is 12.6. The second-order valence-electron chi connectivity index (χ2n) is 7.27. The molecule has 2 heterocycles. The molecule has 1 fully saturated rings. The lowest BCUT2D eigenvalue weighted by molar-refractivity contribution is -0.910. The first-order valence-corrected chi connectivity index (χ1v) is 9.87. The predicted molar refractivity (Wildman–Crippen MR) is 105 cm³/mol. The molecule has 0 saturated carbocycles. The van der Waals surface area contributed by atoms with Crippen molar-refractivity contribution in [3.8, 4) is 17.2 Å². The summed E-state index contributed by atoms with van der Waals surface area (Å²) in [7, 11) is 1.65. The molecule has 6 heteroatoms. The number of para-hydroxylation sites is 1. The Kier molecular flexibility index (Phi) is 5.67. The first-order chi connectivity index (χ1) is 13.7. The second kappa shape index (κ2) is 8.52. The highest BCUT2D eigenvalue weighted by Crippen LogP contribution is 2.33. The van der Waals surface area contributed by atoms with E-state index in [0.29, 0.717) is 32.3 Å². The summed E-state index contributed by atoms with van der Waals surface area (Å²) in [4.78, 5) is 13.9. The monoisotopic (exact) mass is 383 g/mol. The molecule has 2 aromatic rings. The van der Waals surface area contributed by atoms with Crippen molar-refractivity contribution in [3.05, 3.63) is 53.6 Å². The van der Waals surface area contributed by atoms with Crippen molar-refractivity contribution >= 4 is 5.91 Å². The van der Waals surface area contributed by atoms with E-state index < -0.39 is 0 Å². The Balaban J connectivity index is 1.38. The third kappa shape index (κ3) is 4.07. The van der Waals surface area contributed by atoms with Gasteiger partial charge in [-0.05, 0) is 24.3 Å². The van der Waals surface area contributed by atoms with Crippen LogP contribution in [-0.2, 0) is 11.3 Å². The number of methoxy groups -OCH3 is 1. The van der Waals surface area contributed by atoms with Gasteiger partial charge in [0.1, 0.15) is 25.0 Å². The molecular weight excluding hydrogens is 356 g/mol. The first-order valence-electron chi connectivity index (χ1n) is 9.87. The van der Waals surface area contributed by atoms with E-state index in [2.05, 4.69) is 17.4 Å². The van der Waals surface area contributed by atoms with Crippen LogP contribution in [0.25, 0.3) is 0 Å². The molecule has 2 aliphatic rings. The number of hydrogen-bond acceptors (Lipinski definition) is 4. The van der Waals surface area contributed by atoms with Crippen LogP contribution in [0.1, 0.15) is 30.0 Å². The van der Waals surface area contributed by atoms with Gasteiger partial charge in [0.05, 0.1) is 13.7 Å². The SMILES string of the molecule is COc1ccccc1CNC(=O)C[NH+]1CCC[C@H]1c1ccc2c(c1)OCCO2. The third-order valence-corrected chi connectivity index (χ3v) is 5.51. The first kappa shape index (κ1) is 18.6. The molecule has 4 rings (SSSR count). The van der Waals surface area contributed by atoms with Crippen LogP contribution in [0.5, 0.6) is 17.2 Å². The molecule has 28 heavy (non-hydrogen) atoms. The fraction of sp³-hybridized carbons (Fsp3) is 0.409. The van der Waals surface area contributed by atoms with E-state index >= 15 is 0 Å². The highest BCUT2D eigenvalue weighted by atomic mass is 16.6. The lowest BCUT2D eigenvalue weighted by Gasteiger charge is -2.24. The zero-order valence-corrected chi connectivity index (χ0v) is 16.2. The molecule has 0 aliphatic carbocycles. The smallest absolute Gasteiger partial charge is 0.275 e. The number of amides is 1. The minimum atomic E-state index is 0.0605. The molecule has 2 aromatic carbocycles. The van der Waals surface area contributed by atoms with Crippen LogP contribution in [-0.4, -0.2) is 39.3 Å². The number of ether oxygens (including phenoxy) is 3. The van der Waals surface area contributed by atoms with E-state index in [9.17, 15) is 4.79 Å². The van der Waals surface area contributed by atoms with E-state index in [1.807, 2.05) is 30.3 Å². The fourth-order valence-electron chi connectivity index (χ4n) is 4.11. The summed E-state index contributed by atoms with van der Waals surface area (Å²) < 4.78 is 16.7. The van der Waals surface area contributed by atoms with Crippen LogP contribution >= 0.6 is 0 Å². The molecule has 6 nitrogen and oxygen atoms in total. The van der Waals surface area contributed by atoms with Crippen molar-refractivity contribution in [2.45, 2.75) is 25.4 Å². The number of carbonyl (C=O) groups excluding carboxylic acids is 1. The summed E-state index contributed by atoms with van der Waals surface area (Å²) >= 11 is 0. The average molecular weight is 383 g/mol. The molecule has 2 N–H and O–H groups in total. The average Bonchev–Trinajstić information content (AvgIpc) is 3.20. The Labute approximate surface area is 165 Å². The van der Waals surface area contributed by atoms with Crippen molar-refractivity contribution in [2.24, 2.45) is 0 Å². The van der Waals surface area contributed by atoms with Crippen molar-refractivity contribution in [1.82, 2.24) is 5.32 Å². The molecule has 148 valence electrons. The van der Waals surface area contributed by atoms with Crippen LogP contribution in [0.4, 0.5) is 0 Å². The summed E-state index contributed by atoms with van der Waals surface area (Å²) in [5.41, 5.74) is 2.20. The lowest BCUT2D eigenvalue weighted by atomic mass is 10.0. The fourth-order valence-corrected chi connectivity index (χ4v) is 4.11. The number of likely N-dealkylation sites (tertiary alicyclic amines) is 1. The van der Waals surface area contributed by atoms with E-state index in [0.717, 1.165) is 42.2 Å². The number of carbonyl (C=O) groups is 1. The molecule has 1 saturated heterocycles. The Bertz CT molecular complexity index is 839. The number of nitrogens with one attached hydrogen (secondary N) is 2. The Morgan fingerprint density at radius 2 is 2.00 bits per heavy atom. The molecule has 2 atom stereocenters. The van der Waals surface area contributed by atoms with Crippen LogP contribution in [0.15, 0.2) is 42.5 Å². The van der Waals surface area contributed by atoms with Crippen LogP contribution in [0.2, 0.25) is 0 Å². The van der Waals surface area contributed by atoms with Gasteiger partial charge in [-0.2, -0.15) is 0 Å². The Morgan fingerprint density at radius 3 is 2.86 bits per heavy atom. The quantitative estimate of drug-likeness (QED) is 0.794. The maximum Gasteiger partial charge on any atom is 0.275 e. The third-order valence-electron chi connectivity index (χ3n) is 5.51. The van der Waals surface area contributed by atoms with Gasteiger partial charge in [0.2, 0.25) is 0 Å². The summed E-state index contributed by atoms with van der Waals surface area (Å²) in [6.07, 6.45) is 2.20. The summed E-state index contributed by atoms with van der Waals surface area (Å²) in [6.45, 7) is 3.13. The van der Waals surface area contributed by atoms with Crippen molar-refractivity contribution in [2.75, 3.05) is 33.4 Å². The van der Waals surface area contributed by atoms with Gasteiger partial charge in [-0.1, -0.05) is 18.2 Å². The minimum Gasteiger partial charge on any atom is -0.496 e. The van der Waals surface area contributed by atoms with E-state index in [1.54, 1.807) is 7.11 Å². The number of hydrogen-bond donors (Lipinski definition) is 2. The molecular formula is C22H27N2O4+. The number of quaternary nitrogens is 1. The Morgan fingerprint density at radius 1 is 1.18 bits per heavy atom. The van der Waals surface area contributed by atoms with Gasteiger partial charge in [0, 0.05) is 30.5 Å². The normalized spacial score (nSPS) is 20.6. The van der Waals surface area contributed by atoms with E-state index in [-0.39, 0.29) is 5.91 Å². The molecule has 1 amide bonds. The van der Waals surface area contributed by atoms with Crippen LogP contribution in [0, 0.1) is 0 Å². The number of fused-ring (bicyclic) bond motifs is 1. The molecule has 0 bridgehead atoms. The second-order valence-corrected chi connectivity index (χ2v) is 7.27. The van der Waals surface area contributed by atoms with Gasteiger partial charge in [-0.25, -0.2) is 0 Å². The van der Waals surface area contributed by atoms with E-state index in [4.69, 9.17) is 14.2 Å².